The van der Waals surface area contributed by atoms with Crippen LogP contribution in [0.3, 0.4) is 0 Å². The Morgan fingerprint density at radius 3 is 2.53 bits per heavy atom. The fraction of sp³-hybridized carbons (Fsp3) is 0.222. The molecular weight excluding hydrogens is 523 g/mol. The summed E-state index contributed by atoms with van der Waals surface area (Å²) in [4.78, 5) is 22.2. The maximum Gasteiger partial charge on any atom is 0.399 e. The monoisotopic (exact) mass is 537 g/mol. The van der Waals surface area contributed by atoms with Crippen LogP contribution in [0, 0.1) is 0 Å². The van der Waals surface area contributed by atoms with Crippen LogP contribution in [-0.4, -0.2) is 30.7 Å². The molecule has 3 aromatic rings. The third-order valence-corrected chi connectivity index (χ3v) is 6.97. The average Bonchev–Trinajstić information content (AvgIpc) is 3.14. The number of nitrogens with one attached hydrogen (secondary N) is 1. The van der Waals surface area contributed by atoms with Gasteiger partial charge in [0.05, 0.1) is 0 Å². The van der Waals surface area contributed by atoms with E-state index in [1.165, 1.54) is 23.9 Å². The molecule has 0 aliphatic carbocycles. The van der Waals surface area contributed by atoms with E-state index in [4.69, 9.17) is 21.4 Å². The number of halogens is 4. The molecule has 0 aliphatic rings. The van der Waals surface area contributed by atoms with E-state index in [2.05, 4.69) is 31.1 Å². The standard InChI is InChI=1S/C18H16BrClF2N3O3PS/c19-15-10-11(3-8-14(15)18(21,22)29(26,27)28)2-1-9-30-17-23-16(24-25-17)12-4-6-13(20)7-5-12/h3-8,10H,1-2,9H2,(H,23,24,25)(H2,26,27,28). The Kier molecular flexibility index (Phi) is 7.37. The summed E-state index contributed by atoms with van der Waals surface area (Å²) in [6.45, 7) is 0. The largest absolute Gasteiger partial charge is 0.399 e. The van der Waals surface area contributed by atoms with Crippen LogP contribution in [-0.2, 0) is 16.6 Å². The molecule has 2 aromatic carbocycles. The summed E-state index contributed by atoms with van der Waals surface area (Å²) in [6, 6.07) is 11.1. The Hall–Kier alpha value is -1.29. The molecule has 0 spiro atoms. The van der Waals surface area contributed by atoms with Crippen molar-refractivity contribution < 1.29 is 23.1 Å². The number of aryl methyl sites for hydroxylation is 1. The second-order valence-electron chi connectivity index (χ2n) is 6.32. The number of aromatic nitrogens is 3. The maximum atomic E-state index is 13.9. The minimum atomic E-state index is -5.61. The second kappa shape index (κ2) is 9.46. The summed E-state index contributed by atoms with van der Waals surface area (Å²) in [7, 11) is -5.61. The molecule has 0 radical (unpaired) electrons. The van der Waals surface area contributed by atoms with Crippen LogP contribution in [0.1, 0.15) is 17.5 Å². The van der Waals surface area contributed by atoms with Gasteiger partial charge in [0.15, 0.2) is 11.0 Å². The van der Waals surface area contributed by atoms with Crippen LogP contribution in [0.25, 0.3) is 11.4 Å². The van der Waals surface area contributed by atoms with Crippen molar-refractivity contribution in [2.75, 3.05) is 5.75 Å². The molecular formula is C18H16BrClF2N3O3PS. The number of benzene rings is 2. The molecule has 3 N–H and O–H groups in total. The molecule has 0 fully saturated rings. The van der Waals surface area contributed by atoms with Gasteiger partial charge < -0.3 is 9.79 Å². The third-order valence-electron chi connectivity index (χ3n) is 4.14. The summed E-state index contributed by atoms with van der Waals surface area (Å²) in [5, 5.41) is 8.34. The highest BCUT2D eigenvalue weighted by atomic mass is 79.9. The molecule has 6 nitrogen and oxygen atoms in total. The fourth-order valence-electron chi connectivity index (χ4n) is 2.60. The van der Waals surface area contributed by atoms with Gasteiger partial charge >= 0.3 is 13.3 Å². The first-order valence-corrected chi connectivity index (χ1v) is 12.4. The van der Waals surface area contributed by atoms with Gasteiger partial charge in [-0.05, 0) is 48.7 Å². The Morgan fingerprint density at radius 2 is 1.90 bits per heavy atom. The van der Waals surface area contributed by atoms with Crippen molar-refractivity contribution in [2.45, 2.75) is 23.7 Å². The predicted octanol–water partition coefficient (Wildman–Crippen LogP) is 5.84. The quantitative estimate of drug-likeness (QED) is 0.189. The molecule has 30 heavy (non-hydrogen) atoms. The maximum absolute atomic E-state index is 13.9. The van der Waals surface area contributed by atoms with Gasteiger partial charge in [0, 0.05) is 26.4 Å². The Bertz CT molecular complexity index is 1080. The van der Waals surface area contributed by atoms with Gasteiger partial charge in [-0.1, -0.05) is 51.4 Å². The van der Waals surface area contributed by atoms with E-state index >= 15 is 0 Å². The number of aromatic amines is 1. The molecule has 0 unspecified atom stereocenters. The van der Waals surface area contributed by atoms with Crippen LogP contribution in [0.15, 0.2) is 52.1 Å². The first-order chi connectivity index (χ1) is 14.1. The minimum Gasteiger partial charge on any atom is -0.320 e. The molecule has 0 saturated heterocycles. The molecule has 160 valence electrons. The number of rotatable bonds is 8. The Morgan fingerprint density at radius 1 is 1.20 bits per heavy atom. The first kappa shape index (κ1) is 23.4. The van der Waals surface area contributed by atoms with Crippen LogP contribution < -0.4 is 0 Å². The number of hydrogen-bond acceptors (Lipinski definition) is 4. The van der Waals surface area contributed by atoms with Crippen molar-refractivity contribution in [1.82, 2.24) is 15.2 Å². The molecule has 0 saturated carbocycles. The van der Waals surface area contributed by atoms with Crippen molar-refractivity contribution in [2.24, 2.45) is 0 Å². The Labute approximate surface area is 188 Å². The van der Waals surface area contributed by atoms with Gasteiger partial charge in [0.2, 0.25) is 0 Å². The van der Waals surface area contributed by atoms with Gasteiger partial charge in [0.1, 0.15) is 0 Å². The summed E-state index contributed by atoms with van der Waals surface area (Å²) < 4.78 is 38.8. The summed E-state index contributed by atoms with van der Waals surface area (Å²) in [6.07, 6.45) is 1.34. The fourth-order valence-corrected chi connectivity index (χ4v) is 4.81. The van der Waals surface area contributed by atoms with E-state index in [0.717, 1.165) is 23.6 Å². The van der Waals surface area contributed by atoms with E-state index < -0.39 is 18.8 Å². The predicted molar refractivity (Wildman–Crippen MR) is 116 cm³/mol. The Balaban J connectivity index is 1.54. The van der Waals surface area contributed by atoms with E-state index in [-0.39, 0.29) is 4.47 Å². The highest BCUT2D eigenvalue weighted by molar-refractivity contribution is 9.10. The van der Waals surface area contributed by atoms with Crippen molar-refractivity contribution in [3.63, 3.8) is 0 Å². The zero-order valence-corrected chi connectivity index (χ0v) is 19.3. The zero-order valence-electron chi connectivity index (χ0n) is 15.2. The molecule has 0 atom stereocenters. The lowest BCUT2D eigenvalue weighted by Gasteiger charge is -2.19. The number of H-pyrrole nitrogens is 1. The van der Waals surface area contributed by atoms with E-state index in [1.54, 1.807) is 12.1 Å². The normalized spacial score (nSPS) is 12.3. The second-order valence-corrected chi connectivity index (χ2v) is 10.3. The van der Waals surface area contributed by atoms with E-state index in [9.17, 15) is 13.3 Å². The molecule has 0 amide bonds. The number of alkyl halides is 2. The van der Waals surface area contributed by atoms with Crippen LogP contribution >= 0.6 is 46.9 Å². The summed E-state index contributed by atoms with van der Waals surface area (Å²) >= 11 is 10.3. The van der Waals surface area contributed by atoms with Gasteiger partial charge in [-0.2, -0.15) is 13.9 Å². The van der Waals surface area contributed by atoms with Crippen molar-refractivity contribution in [3.8, 4) is 11.4 Å². The number of thioether (sulfide) groups is 1. The molecule has 0 aliphatic heterocycles. The molecule has 1 heterocycles. The lowest BCUT2D eigenvalue weighted by atomic mass is 10.1. The summed E-state index contributed by atoms with van der Waals surface area (Å²) in [5.74, 6) is 1.28. The molecule has 12 heteroatoms. The number of hydrogen-bond donors (Lipinski definition) is 3. The van der Waals surface area contributed by atoms with Gasteiger partial charge in [-0.3, -0.25) is 9.66 Å². The number of nitrogens with zero attached hydrogens (tertiary/aromatic N) is 2. The van der Waals surface area contributed by atoms with E-state index in [1.807, 2.05) is 12.1 Å². The molecule has 0 bridgehead atoms. The lowest BCUT2D eigenvalue weighted by Crippen LogP contribution is -2.14. The minimum absolute atomic E-state index is 0.0381. The van der Waals surface area contributed by atoms with Crippen LogP contribution in [0.5, 0.6) is 0 Å². The highest BCUT2D eigenvalue weighted by Crippen LogP contribution is 2.60. The topological polar surface area (TPSA) is 99.1 Å². The zero-order chi connectivity index (χ0) is 21.9. The van der Waals surface area contributed by atoms with Crippen molar-refractivity contribution in [1.29, 1.82) is 0 Å². The van der Waals surface area contributed by atoms with Gasteiger partial charge in [0.25, 0.3) is 0 Å². The van der Waals surface area contributed by atoms with E-state index in [0.29, 0.717) is 28.2 Å². The summed E-state index contributed by atoms with van der Waals surface area (Å²) in [5.41, 5.74) is -3.36. The third kappa shape index (κ3) is 5.49. The van der Waals surface area contributed by atoms with Crippen LogP contribution in [0.2, 0.25) is 5.02 Å². The van der Waals surface area contributed by atoms with Gasteiger partial charge in [-0.25, -0.2) is 4.98 Å². The average molecular weight is 539 g/mol. The highest BCUT2D eigenvalue weighted by Gasteiger charge is 2.51. The van der Waals surface area contributed by atoms with Gasteiger partial charge in [-0.15, -0.1) is 0 Å². The lowest BCUT2D eigenvalue weighted by molar-refractivity contribution is 0.0557. The molecule has 1 aromatic heterocycles. The van der Waals surface area contributed by atoms with Crippen molar-refractivity contribution >= 4 is 46.9 Å². The van der Waals surface area contributed by atoms with Crippen LogP contribution in [0.4, 0.5) is 8.78 Å². The smallest absolute Gasteiger partial charge is 0.320 e. The SMILES string of the molecule is O=P(O)(O)C(F)(F)c1ccc(CCCSc2nc(-c3ccc(Cl)cc3)n[nH]2)cc1Br. The van der Waals surface area contributed by atoms with Crippen molar-refractivity contribution in [3.05, 3.63) is 63.1 Å². The molecule has 3 rings (SSSR count). The first-order valence-electron chi connectivity index (χ1n) is 8.61.